The normalized spacial score (nSPS) is 20.6. The average molecular weight is 547 g/mol. The van der Waals surface area contributed by atoms with Crippen LogP contribution in [0.1, 0.15) is 78.2 Å². The highest BCUT2D eigenvalue weighted by atomic mass is 32.1. The molecule has 0 spiro atoms. The molecule has 0 radical (unpaired) electrons. The van der Waals surface area contributed by atoms with Crippen LogP contribution in [0.5, 0.6) is 0 Å². The number of esters is 1. The fourth-order valence-electron chi connectivity index (χ4n) is 6.06. The van der Waals surface area contributed by atoms with Crippen molar-refractivity contribution in [3.63, 3.8) is 0 Å². The minimum Gasteiger partial charge on any atom is -0.465 e. The van der Waals surface area contributed by atoms with Crippen LogP contribution in [0.25, 0.3) is 0 Å². The number of nitrogens with two attached hydrogens (primary N) is 1. The monoisotopic (exact) mass is 546 g/mol. The molecule has 10 heteroatoms. The van der Waals surface area contributed by atoms with E-state index in [1.807, 2.05) is 13.8 Å². The fraction of sp³-hybridized carbons (Fsp3) is 0.414. The Labute approximate surface area is 230 Å². The molecule has 1 aromatic heterocycles. The van der Waals surface area contributed by atoms with Crippen molar-refractivity contribution in [3.8, 4) is 6.07 Å². The number of carbonyl (C=O) groups is 2. The number of benzene rings is 1. The van der Waals surface area contributed by atoms with E-state index in [-0.39, 0.29) is 34.7 Å². The number of Topliss-reactive ketones (excluding diaryl/α,β-unsaturated/α-hetero) is 1. The van der Waals surface area contributed by atoms with Gasteiger partial charge in [0.1, 0.15) is 10.8 Å². The summed E-state index contributed by atoms with van der Waals surface area (Å²) >= 11 is 1.48. The zero-order valence-corrected chi connectivity index (χ0v) is 23.0. The number of nitrogens with zero attached hydrogens (tertiary/aromatic N) is 3. The Hall–Kier alpha value is -3.97. The maximum Gasteiger partial charge on any atom is 0.341 e. The number of nitriles is 1. The largest absolute Gasteiger partial charge is 0.465 e. The van der Waals surface area contributed by atoms with Crippen LogP contribution in [-0.2, 0) is 22.4 Å². The first-order valence-electron chi connectivity index (χ1n) is 13.0. The quantitative estimate of drug-likeness (QED) is 0.224. The summed E-state index contributed by atoms with van der Waals surface area (Å²) in [7, 11) is 1.35. The molecule has 3 aliphatic rings. The summed E-state index contributed by atoms with van der Waals surface area (Å²) in [6.45, 7) is 4.02. The lowest BCUT2D eigenvalue weighted by Crippen LogP contribution is -2.42. The van der Waals surface area contributed by atoms with Gasteiger partial charge in [-0.3, -0.25) is 19.8 Å². The molecule has 0 fully saturated rings. The predicted octanol–water partition coefficient (Wildman–Crippen LogP) is 5.65. The Morgan fingerprint density at radius 1 is 1.21 bits per heavy atom. The van der Waals surface area contributed by atoms with Crippen LogP contribution in [-0.4, -0.2) is 23.8 Å². The standard InChI is InChI=1S/C29H30N4O5S/c1-29(2)13-20-25(21(34)14-29)23(16-9-11-17(12-10-16)33(36)37)19(15-30)26(31)32(20)27-24(28(35)38-3)18-7-5-4-6-8-22(18)39-27/h9-12,23H,4-8,13-14,31H2,1-3H3/t23-/m0/s1. The number of hydrogen-bond acceptors (Lipinski definition) is 9. The first kappa shape index (κ1) is 26.6. The average Bonchev–Trinajstić information content (AvgIpc) is 3.08. The zero-order chi connectivity index (χ0) is 28.1. The van der Waals surface area contributed by atoms with E-state index in [1.165, 1.54) is 30.6 Å². The number of methoxy groups -OCH3 is 1. The molecule has 0 saturated heterocycles. The number of non-ortho nitro benzene ring substituents is 1. The van der Waals surface area contributed by atoms with Crippen molar-refractivity contribution in [1.29, 1.82) is 5.26 Å². The van der Waals surface area contributed by atoms with E-state index >= 15 is 0 Å². The molecule has 9 nitrogen and oxygen atoms in total. The molecule has 5 rings (SSSR count). The number of nitro groups is 1. The van der Waals surface area contributed by atoms with Crippen LogP contribution in [0, 0.1) is 26.9 Å². The van der Waals surface area contributed by atoms with Crippen LogP contribution in [0.15, 0.2) is 46.9 Å². The van der Waals surface area contributed by atoms with Gasteiger partial charge in [0.2, 0.25) is 0 Å². The van der Waals surface area contributed by atoms with E-state index in [2.05, 4.69) is 6.07 Å². The van der Waals surface area contributed by atoms with Gasteiger partial charge in [-0.15, -0.1) is 11.3 Å². The minimum atomic E-state index is -0.759. The number of allylic oxidation sites excluding steroid dienone is 3. The van der Waals surface area contributed by atoms with Gasteiger partial charge in [0.05, 0.1) is 35.2 Å². The second-order valence-electron chi connectivity index (χ2n) is 11.1. The van der Waals surface area contributed by atoms with Crippen LogP contribution >= 0.6 is 11.3 Å². The highest BCUT2D eigenvalue weighted by molar-refractivity contribution is 7.16. The molecule has 1 aromatic carbocycles. The zero-order valence-electron chi connectivity index (χ0n) is 22.2. The first-order valence-corrected chi connectivity index (χ1v) is 13.8. The number of anilines is 1. The van der Waals surface area contributed by atoms with E-state index in [1.54, 1.807) is 17.0 Å². The Kier molecular flexibility index (Phi) is 6.81. The summed E-state index contributed by atoms with van der Waals surface area (Å²) in [5.74, 6) is -1.17. The molecule has 2 heterocycles. The van der Waals surface area contributed by atoms with E-state index in [4.69, 9.17) is 10.5 Å². The number of carbonyl (C=O) groups excluding carboxylic acids is 2. The molecule has 0 unspecified atom stereocenters. The molecule has 2 aromatic rings. The summed E-state index contributed by atoms with van der Waals surface area (Å²) < 4.78 is 5.22. The summed E-state index contributed by atoms with van der Waals surface area (Å²) in [5.41, 5.74) is 9.63. The van der Waals surface area contributed by atoms with Gasteiger partial charge in [0.15, 0.2) is 5.78 Å². The van der Waals surface area contributed by atoms with Gasteiger partial charge in [0, 0.05) is 34.7 Å². The summed E-state index contributed by atoms with van der Waals surface area (Å²) in [6, 6.07) is 8.13. The van der Waals surface area contributed by atoms with Crippen LogP contribution in [0.4, 0.5) is 10.7 Å². The smallest absolute Gasteiger partial charge is 0.341 e. The van der Waals surface area contributed by atoms with Gasteiger partial charge in [-0.25, -0.2) is 4.79 Å². The van der Waals surface area contributed by atoms with Crippen LogP contribution in [0.2, 0.25) is 0 Å². The van der Waals surface area contributed by atoms with E-state index in [0.717, 1.165) is 42.5 Å². The Morgan fingerprint density at radius 3 is 2.54 bits per heavy atom. The third kappa shape index (κ3) is 4.51. The van der Waals surface area contributed by atoms with Gasteiger partial charge in [-0.2, -0.15) is 5.26 Å². The van der Waals surface area contributed by atoms with Crippen molar-refractivity contribution in [2.45, 2.75) is 64.7 Å². The molecule has 0 saturated carbocycles. The Bertz CT molecular complexity index is 1490. The second kappa shape index (κ2) is 9.97. The van der Waals surface area contributed by atoms with Crippen LogP contribution in [0.3, 0.4) is 0 Å². The summed E-state index contributed by atoms with van der Waals surface area (Å²) in [4.78, 5) is 40.6. The summed E-state index contributed by atoms with van der Waals surface area (Å²) in [6.07, 6.45) is 5.44. The highest BCUT2D eigenvalue weighted by Gasteiger charge is 2.46. The van der Waals surface area contributed by atoms with E-state index in [0.29, 0.717) is 33.8 Å². The van der Waals surface area contributed by atoms with Crippen molar-refractivity contribution in [3.05, 3.63) is 78.6 Å². The first-order chi connectivity index (χ1) is 18.6. The molecule has 1 aliphatic heterocycles. The fourth-order valence-corrected chi connectivity index (χ4v) is 7.48. The van der Waals surface area contributed by atoms with Gasteiger partial charge >= 0.3 is 5.97 Å². The molecule has 202 valence electrons. The number of nitro benzene ring substituents is 1. The van der Waals surface area contributed by atoms with Gasteiger partial charge in [-0.05, 0) is 48.6 Å². The third-order valence-corrected chi connectivity index (χ3v) is 9.09. The SMILES string of the molecule is COC(=O)c1c(N2C(N)=C(C#N)[C@H](c3ccc([N+](=O)[O-])cc3)C3=C2CC(C)(C)CC3=O)sc2c1CCCCC2. The molecule has 39 heavy (non-hydrogen) atoms. The third-order valence-electron chi connectivity index (χ3n) is 7.81. The van der Waals surface area contributed by atoms with Gasteiger partial charge in [-0.1, -0.05) is 32.4 Å². The number of aryl methyl sites for hydroxylation is 1. The highest BCUT2D eigenvalue weighted by Crippen LogP contribution is 2.53. The van der Waals surface area contributed by atoms with Gasteiger partial charge < -0.3 is 10.5 Å². The maximum atomic E-state index is 13.8. The Balaban J connectivity index is 1.77. The van der Waals surface area contributed by atoms with E-state index in [9.17, 15) is 25.0 Å². The molecule has 2 N–H and O–H groups in total. The van der Waals surface area contributed by atoms with Gasteiger partial charge in [0.25, 0.3) is 5.69 Å². The maximum absolute atomic E-state index is 13.8. The topological polar surface area (TPSA) is 140 Å². The number of ether oxygens (including phenoxy) is 1. The second-order valence-corrected chi connectivity index (χ2v) is 12.1. The number of hydrogen-bond donors (Lipinski definition) is 1. The molecule has 2 aliphatic carbocycles. The number of rotatable bonds is 4. The van der Waals surface area contributed by atoms with E-state index < -0.39 is 16.8 Å². The Morgan fingerprint density at radius 2 is 1.90 bits per heavy atom. The molecular formula is C29H30N4O5S. The lowest BCUT2D eigenvalue weighted by molar-refractivity contribution is -0.384. The molecular weight excluding hydrogens is 516 g/mol. The van der Waals surface area contributed by atoms with Crippen molar-refractivity contribution in [1.82, 2.24) is 0 Å². The molecule has 1 atom stereocenters. The minimum absolute atomic E-state index is 0.0836. The van der Waals surface area contributed by atoms with Crippen molar-refractivity contribution in [2.24, 2.45) is 11.1 Å². The predicted molar refractivity (Wildman–Crippen MR) is 147 cm³/mol. The number of thiophene rings is 1. The van der Waals surface area contributed by atoms with Crippen molar-refractivity contribution in [2.75, 3.05) is 12.0 Å². The molecule has 0 bridgehead atoms. The van der Waals surface area contributed by atoms with Crippen molar-refractivity contribution >= 4 is 33.8 Å². The number of ketones is 1. The van der Waals surface area contributed by atoms with Crippen LogP contribution < -0.4 is 10.6 Å². The lowest BCUT2D eigenvalue weighted by atomic mass is 9.68. The molecule has 0 amide bonds. The van der Waals surface area contributed by atoms with Crippen molar-refractivity contribution < 1.29 is 19.2 Å². The summed E-state index contributed by atoms with van der Waals surface area (Å²) in [5, 5.41) is 22.2. The lowest BCUT2D eigenvalue weighted by Gasteiger charge is -2.43. The number of fused-ring (bicyclic) bond motifs is 1.